The first-order valence-corrected chi connectivity index (χ1v) is 6.07. The minimum Gasteiger partial charge on any atom is -0.399 e. The minimum absolute atomic E-state index is 0.586. The predicted octanol–water partition coefficient (Wildman–Crippen LogP) is 3.26. The molecule has 1 aromatic heterocycles. The Morgan fingerprint density at radius 2 is 2.00 bits per heavy atom. The van der Waals surface area contributed by atoms with Gasteiger partial charge in [0, 0.05) is 23.0 Å². The first-order chi connectivity index (χ1) is 9.20. The van der Waals surface area contributed by atoms with Crippen LogP contribution < -0.4 is 11.1 Å². The quantitative estimate of drug-likeness (QED) is 0.685. The standard InChI is InChI=1S/C15H14N4/c1-10-3-2-4-13(7-10)18-15-17-9-11-8-12(16)5-6-14(11)19-15/h2-9H,16H2,1H3,(H,17,18,19). The van der Waals surface area contributed by atoms with Crippen molar-refractivity contribution in [3.05, 3.63) is 54.2 Å². The molecule has 94 valence electrons. The van der Waals surface area contributed by atoms with Gasteiger partial charge in [-0.05, 0) is 42.8 Å². The molecule has 2 aromatic carbocycles. The Kier molecular flexibility index (Phi) is 2.76. The maximum atomic E-state index is 5.73. The van der Waals surface area contributed by atoms with Crippen LogP contribution in [-0.4, -0.2) is 9.97 Å². The van der Waals surface area contributed by atoms with Gasteiger partial charge in [-0.3, -0.25) is 0 Å². The van der Waals surface area contributed by atoms with E-state index in [1.165, 1.54) is 5.56 Å². The van der Waals surface area contributed by atoms with Crippen molar-refractivity contribution in [1.29, 1.82) is 0 Å². The molecular weight excluding hydrogens is 236 g/mol. The number of fused-ring (bicyclic) bond motifs is 1. The van der Waals surface area contributed by atoms with Gasteiger partial charge in [0.15, 0.2) is 0 Å². The Hall–Kier alpha value is -2.62. The highest BCUT2D eigenvalue weighted by Gasteiger charge is 2.01. The third-order valence-corrected chi connectivity index (χ3v) is 2.88. The normalized spacial score (nSPS) is 10.6. The number of rotatable bonds is 2. The number of hydrogen-bond donors (Lipinski definition) is 2. The van der Waals surface area contributed by atoms with Crippen LogP contribution in [0.2, 0.25) is 0 Å². The summed E-state index contributed by atoms with van der Waals surface area (Å²) in [6, 6.07) is 13.7. The number of aryl methyl sites for hydroxylation is 1. The molecule has 3 rings (SSSR count). The maximum absolute atomic E-state index is 5.73. The Labute approximate surface area is 111 Å². The molecule has 0 aliphatic carbocycles. The SMILES string of the molecule is Cc1cccc(Nc2ncc3cc(N)ccc3n2)c1. The Balaban J connectivity index is 1.95. The van der Waals surface area contributed by atoms with E-state index in [2.05, 4.69) is 34.3 Å². The molecule has 0 amide bonds. The van der Waals surface area contributed by atoms with E-state index in [0.717, 1.165) is 22.3 Å². The summed E-state index contributed by atoms with van der Waals surface area (Å²) in [5, 5.41) is 4.14. The zero-order valence-electron chi connectivity index (χ0n) is 10.6. The lowest BCUT2D eigenvalue weighted by molar-refractivity contribution is 1.21. The Morgan fingerprint density at radius 1 is 1.11 bits per heavy atom. The number of benzene rings is 2. The number of anilines is 3. The highest BCUT2D eigenvalue weighted by atomic mass is 15.1. The van der Waals surface area contributed by atoms with Crippen LogP contribution in [0, 0.1) is 6.92 Å². The largest absolute Gasteiger partial charge is 0.399 e. The smallest absolute Gasteiger partial charge is 0.227 e. The summed E-state index contributed by atoms with van der Waals surface area (Å²) < 4.78 is 0. The van der Waals surface area contributed by atoms with Crippen molar-refractivity contribution in [1.82, 2.24) is 9.97 Å². The Morgan fingerprint density at radius 3 is 2.84 bits per heavy atom. The second-order valence-corrected chi connectivity index (χ2v) is 4.51. The lowest BCUT2D eigenvalue weighted by Gasteiger charge is -2.06. The summed E-state index contributed by atoms with van der Waals surface area (Å²) in [6.07, 6.45) is 1.77. The van der Waals surface area contributed by atoms with Crippen molar-refractivity contribution >= 4 is 28.2 Å². The number of nitrogen functional groups attached to an aromatic ring is 1. The molecule has 0 saturated heterocycles. The number of nitrogens with zero attached hydrogens (tertiary/aromatic N) is 2. The van der Waals surface area contributed by atoms with E-state index in [1.807, 2.05) is 30.3 Å². The fraction of sp³-hybridized carbons (Fsp3) is 0.0667. The first kappa shape index (κ1) is 11.5. The van der Waals surface area contributed by atoms with Gasteiger partial charge in [0.25, 0.3) is 0 Å². The van der Waals surface area contributed by atoms with Crippen molar-refractivity contribution in [3.63, 3.8) is 0 Å². The number of aromatic nitrogens is 2. The predicted molar refractivity (Wildman–Crippen MR) is 78.4 cm³/mol. The molecule has 19 heavy (non-hydrogen) atoms. The lowest BCUT2D eigenvalue weighted by Crippen LogP contribution is -1.97. The molecule has 0 unspecified atom stereocenters. The third-order valence-electron chi connectivity index (χ3n) is 2.88. The molecule has 0 aliphatic heterocycles. The van der Waals surface area contributed by atoms with Gasteiger partial charge in [-0.2, -0.15) is 0 Å². The molecule has 0 atom stereocenters. The molecule has 0 aliphatic rings. The summed E-state index contributed by atoms with van der Waals surface area (Å²) in [6.45, 7) is 2.05. The van der Waals surface area contributed by atoms with Crippen molar-refractivity contribution < 1.29 is 0 Å². The highest BCUT2D eigenvalue weighted by molar-refractivity contribution is 5.82. The van der Waals surface area contributed by atoms with E-state index in [-0.39, 0.29) is 0 Å². The molecule has 3 aromatic rings. The highest BCUT2D eigenvalue weighted by Crippen LogP contribution is 2.18. The zero-order valence-corrected chi connectivity index (χ0v) is 10.6. The Bertz CT molecular complexity index is 737. The molecule has 0 bridgehead atoms. The molecule has 0 saturated carbocycles. The van der Waals surface area contributed by atoms with Crippen LogP contribution in [-0.2, 0) is 0 Å². The van der Waals surface area contributed by atoms with Crippen molar-refractivity contribution in [2.24, 2.45) is 0 Å². The van der Waals surface area contributed by atoms with E-state index in [0.29, 0.717) is 5.95 Å². The lowest BCUT2D eigenvalue weighted by atomic mass is 10.2. The van der Waals surface area contributed by atoms with Gasteiger partial charge in [-0.25, -0.2) is 9.97 Å². The van der Waals surface area contributed by atoms with Crippen molar-refractivity contribution in [2.75, 3.05) is 11.1 Å². The van der Waals surface area contributed by atoms with Gasteiger partial charge < -0.3 is 11.1 Å². The van der Waals surface area contributed by atoms with Crippen molar-refractivity contribution in [3.8, 4) is 0 Å². The number of hydrogen-bond acceptors (Lipinski definition) is 4. The van der Waals surface area contributed by atoms with Gasteiger partial charge in [0.05, 0.1) is 5.52 Å². The summed E-state index contributed by atoms with van der Waals surface area (Å²) in [5.74, 6) is 0.586. The van der Waals surface area contributed by atoms with Crippen LogP contribution >= 0.6 is 0 Å². The minimum atomic E-state index is 0.586. The topological polar surface area (TPSA) is 63.8 Å². The molecule has 1 heterocycles. The van der Waals surface area contributed by atoms with Crippen LogP contribution in [0.3, 0.4) is 0 Å². The average Bonchev–Trinajstić information content (AvgIpc) is 2.39. The fourth-order valence-electron chi connectivity index (χ4n) is 1.96. The van der Waals surface area contributed by atoms with Crippen LogP contribution in [0.15, 0.2) is 48.7 Å². The summed E-state index contributed by atoms with van der Waals surface area (Å²) in [4.78, 5) is 8.76. The molecule has 4 nitrogen and oxygen atoms in total. The second kappa shape index (κ2) is 4.57. The van der Waals surface area contributed by atoms with E-state index < -0.39 is 0 Å². The number of nitrogens with two attached hydrogens (primary N) is 1. The third kappa shape index (κ3) is 2.47. The molecule has 0 fully saturated rings. The fourth-order valence-corrected chi connectivity index (χ4v) is 1.96. The van der Waals surface area contributed by atoms with Crippen LogP contribution in [0.4, 0.5) is 17.3 Å². The second-order valence-electron chi connectivity index (χ2n) is 4.51. The molecule has 0 spiro atoms. The first-order valence-electron chi connectivity index (χ1n) is 6.07. The van der Waals surface area contributed by atoms with Crippen LogP contribution in [0.5, 0.6) is 0 Å². The average molecular weight is 250 g/mol. The van der Waals surface area contributed by atoms with E-state index in [1.54, 1.807) is 6.20 Å². The summed E-state index contributed by atoms with van der Waals surface area (Å²) in [7, 11) is 0. The van der Waals surface area contributed by atoms with Gasteiger partial charge >= 0.3 is 0 Å². The maximum Gasteiger partial charge on any atom is 0.227 e. The monoisotopic (exact) mass is 250 g/mol. The van der Waals surface area contributed by atoms with Gasteiger partial charge in [0.2, 0.25) is 5.95 Å². The summed E-state index contributed by atoms with van der Waals surface area (Å²) >= 11 is 0. The number of nitrogens with one attached hydrogen (secondary N) is 1. The van der Waals surface area contributed by atoms with Crippen LogP contribution in [0.1, 0.15) is 5.56 Å². The van der Waals surface area contributed by atoms with E-state index >= 15 is 0 Å². The summed E-state index contributed by atoms with van der Waals surface area (Å²) in [5.41, 5.74) is 9.50. The molecule has 0 radical (unpaired) electrons. The van der Waals surface area contributed by atoms with Gasteiger partial charge in [0.1, 0.15) is 0 Å². The van der Waals surface area contributed by atoms with E-state index in [4.69, 9.17) is 5.73 Å². The van der Waals surface area contributed by atoms with Gasteiger partial charge in [-0.1, -0.05) is 12.1 Å². The van der Waals surface area contributed by atoms with E-state index in [9.17, 15) is 0 Å². The molecule has 4 heteroatoms. The van der Waals surface area contributed by atoms with Crippen LogP contribution in [0.25, 0.3) is 10.9 Å². The van der Waals surface area contributed by atoms with Crippen molar-refractivity contribution in [2.45, 2.75) is 6.92 Å². The zero-order chi connectivity index (χ0) is 13.2. The van der Waals surface area contributed by atoms with Gasteiger partial charge in [-0.15, -0.1) is 0 Å². The molecule has 3 N–H and O–H groups in total. The molecular formula is C15H14N4.